The molecule has 0 aliphatic rings. The van der Waals surface area contributed by atoms with Crippen LogP contribution in [0.1, 0.15) is 23.0 Å². The molecular formula is C17H14N4O4. The number of ether oxygens (including phenoxy) is 1. The number of aromatic nitrogens is 3. The van der Waals surface area contributed by atoms with Crippen molar-refractivity contribution in [2.75, 3.05) is 6.61 Å². The first kappa shape index (κ1) is 16.3. The first-order chi connectivity index (χ1) is 12.0. The van der Waals surface area contributed by atoms with Crippen LogP contribution in [-0.2, 0) is 11.2 Å². The van der Waals surface area contributed by atoms with E-state index in [1.165, 1.54) is 4.68 Å². The summed E-state index contributed by atoms with van der Waals surface area (Å²) in [6, 6.07) is 9.94. The molecule has 8 heteroatoms. The van der Waals surface area contributed by atoms with E-state index >= 15 is 0 Å². The number of fused-ring (bicyclic) bond motifs is 1. The number of aromatic amines is 1. The molecule has 0 amide bonds. The van der Waals surface area contributed by atoms with Gasteiger partial charge in [0.15, 0.2) is 5.69 Å². The molecule has 8 nitrogen and oxygen atoms in total. The number of aromatic hydroxyl groups is 1. The number of H-pyrrole nitrogens is 1. The fourth-order valence-corrected chi connectivity index (χ4v) is 2.50. The molecule has 126 valence electrons. The molecule has 0 aliphatic heterocycles. The lowest BCUT2D eigenvalue weighted by atomic mass is 10.1. The zero-order chi connectivity index (χ0) is 18.0. The van der Waals surface area contributed by atoms with Gasteiger partial charge in [0.05, 0.1) is 30.2 Å². The number of benzene rings is 1. The third-order valence-electron chi connectivity index (χ3n) is 3.58. The van der Waals surface area contributed by atoms with E-state index in [1.807, 2.05) is 0 Å². The molecule has 0 aliphatic carbocycles. The van der Waals surface area contributed by atoms with Crippen molar-refractivity contribution >= 4 is 17.0 Å². The Morgan fingerprint density at radius 2 is 2.12 bits per heavy atom. The largest absolute Gasteiger partial charge is 0.507 e. The van der Waals surface area contributed by atoms with Gasteiger partial charge in [0.1, 0.15) is 11.4 Å². The minimum absolute atomic E-state index is 0.0910. The van der Waals surface area contributed by atoms with Crippen LogP contribution in [0.25, 0.3) is 16.7 Å². The summed E-state index contributed by atoms with van der Waals surface area (Å²) in [5, 5.41) is 23.2. The normalized spacial score (nSPS) is 10.6. The lowest BCUT2D eigenvalue weighted by Crippen LogP contribution is -2.07. The SMILES string of the molecule is CCOC(=O)c1nn(-c2ccc(CC#N)cc2)c2[nH]c(=O)cc(O)c12. The van der Waals surface area contributed by atoms with Crippen LogP contribution in [0.15, 0.2) is 35.1 Å². The maximum absolute atomic E-state index is 12.1. The van der Waals surface area contributed by atoms with Crippen molar-refractivity contribution in [3.63, 3.8) is 0 Å². The molecule has 25 heavy (non-hydrogen) atoms. The third-order valence-corrected chi connectivity index (χ3v) is 3.58. The van der Waals surface area contributed by atoms with Gasteiger partial charge in [0, 0.05) is 6.07 Å². The second kappa shape index (κ2) is 6.49. The fraction of sp³-hybridized carbons (Fsp3) is 0.176. The summed E-state index contributed by atoms with van der Waals surface area (Å²) in [4.78, 5) is 26.4. The highest BCUT2D eigenvalue weighted by Crippen LogP contribution is 2.27. The number of pyridine rings is 1. The van der Waals surface area contributed by atoms with Crippen LogP contribution >= 0.6 is 0 Å². The van der Waals surface area contributed by atoms with Gasteiger partial charge in [-0.1, -0.05) is 12.1 Å². The molecule has 3 aromatic rings. The first-order valence-corrected chi connectivity index (χ1v) is 7.53. The van der Waals surface area contributed by atoms with Crippen LogP contribution in [0.4, 0.5) is 0 Å². The number of carbonyl (C=O) groups is 1. The second-order valence-electron chi connectivity index (χ2n) is 5.22. The van der Waals surface area contributed by atoms with Crippen molar-refractivity contribution in [1.29, 1.82) is 5.26 Å². The molecule has 1 aromatic carbocycles. The minimum Gasteiger partial charge on any atom is -0.507 e. The van der Waals surface area contributed by atoms with Gasteiger partial charge in [-0.2, -0.15) is 10.4 Å². The molecule has 0 saturated carbocycles. The lowest BCUT2D eigenvalue weighted by molar-refractivity contribution is 0.0521. The summed E-state index contributed by atoms with van der Waals surface area (Å²) in [6.45, 7) is 1.81. The summed E-state index contributed by atoms with van der Waals surface area (Å²) in [6.07, 6.45) is 0.270. The Bertz CT molecular complexity index is 1040. The Kier molecular flexibility index (Phi) is 4.22. The van der Waals surface area contributed by atoms with E-state index in [4.69, 9.17) is 10.00 Å². The van der Waals surface area contributed by atoms with E-state index in [0.29, 0.717) is 5.69 Å². The Morgan fingerprint density at radius 3 is 2.76 bits per heavy atom. The number of nitrogens with one attached hydrogen (secondary N) is 1. The Hall–Kier alpha value is -3.60. The molecule has 0 spiro atoms. The fourth-order valence-electron chi connectivity index (χ4n) is 2.50. The van der Waals surface area contributed by atoms with E-state index in [2.05, 4.69) is 16.2 Å². The molecule has 2 aromatic heterocycles. The highest BCUT2D eigenvalue weighted by atomic mass is 16.5. The molecule has 0 radical (unpaired) electrons. The molecular weight excluding hydrogens is 324 g/mol. The van der Waals surface area contributed by atoms with Crippen LogP contribution in [0.3, 0.4) is 0 Å². The zero-order valence-electron chi connectivity index (χ0n) is 13.3. The topological polar surface area (TPSA) is 121 Å². The molecule has 2 heterocycles. The second-order valence-corrected chi connectivity index (χ2v) is 5.22. The molecule has 3 rings (SSSR count). The van der Waals surface area contributed by atoms with Crippen molar-refractivity contribution < 1.29 is 14.6 Å². The van der Waals surface area contributed by atoms with Crippen molar-refractivity contribution in [2.24, 2.45) is 0 Å². The van der Waals surface area contributed by atoms with Gasteiger partial charge in [-0.05, 0) is 24.6 Å². The summed E-state index contributed by atoms with van der Waals surface area (Å²) in [5.74, 6) is -1.05. The van der Waals surface area contributed by atoms with E-state index in [1.54, 1.807) is 31.2 Å². The van der Waals surface area contributed by atoms with Crippen LogP contribution in [0.2, 0.25) is 0 Å². The number of nitriles is 1. The molecule has 2 N–H and O–H groups in total. The average molecular weight is 338 g/mol. The van der Waals surface area contributed by atoms with Crippen LogP contribution < -0.4 is 5.56 Å². The quantitative estimate of drug-likeness (QED) is 0.698. The maximum atomic E-state index is 12.1. The van der Waals surface area contributed by atoms with Crippen LogP contribution in [0.5, 0.6) is 5.75 Å². The molecule has 0 unspecified atom stereocenters. The van der Waals surface area contributed by atoms with Gasteiger partial charge in [-0.25, -0.2) is 9.48 Å². The van der Waals surface area contributed by atoms with E-state index < -0.39 is 11.5 Å². The number of esters is 1. The first-order valence-electron chi connectivity index (χ1n) is 7.53. The predicted molar refractivity (Wildman–Crippen MR) is 88.6 cm³/mol. The number of hydrogen-bond donors (Lipinski definition) is 2. The highest BCUT2D eigenvalue weighted by Gasteiger charge is 2.23. The predicted octanol–water partition coefficient (Wildman–Crippen LogP) is 1.66. The van der Waals surface area contributed by atoms with Crippen LogP contribution in [0, 0.1) is 11.3 Å². The molecule has 0 saturated heterocycles. The van der Waals surface area contributed by atoms with Crippen LogP contribution in [-0.4, -0.2) is 32.4 Å². The monoisotopic (exact) mass is 338 g/mol. The smallest absolute Gasteiger partial charge is 0.359 e. The number of nitrogens with zero attached hydrogens (tertiary/aromatic N) is 3. The Morgan fingerprint density at radius 1 is 1.40 bits per heavy atom. The minimum atomic E-state index is -0.699. The zero-order valence-corrected chi connectivity index (χ0v) is 13.3. The standard InChI is InChI=1S/C17H14N4O4/c1-2-25-17(24)15-14-12(22)9-13(23)19-16(14)21(20-15)11-5-3-10(4-6-11)7-8-18/h3-6,9H,2,7H2,1H3,(H2,19,22,23). The summed E-state index contributed by atoms with van der Waals surface area (Å²) in [7, 11) is 0. The number of rotatable bonds is 4. The molecule has 0 fully saturated rings. The third kappa shape index (κ3) is 2.95. The van der Waals surface area contributed by atoms with Gasteiger partial charge in [0.2, 0.25) is 0 Å². The van der Waals surface area contributed by atoms with Gasteiger partial charge >= 0.3 is 5.97 Å². The van der Waals surface area contributed by atoms with Crippen molar-refractivity contribution in [3.05, 3.63) is 51.9 Å². The van der Waals surface area contributed by atoms with E-state index in [9.17, 15) is 14.7 Å². The van der Waals surface area contributed by atoms with Crippen molar-refractivity contribution in [1.82, 2.24) is 14.8 Å². The summed E-state index contributed by atoms with van der Waals surface area (Å²) >= 11 is 0. The Balaban J connectivity index is 2.23. The maximum Gasteiger partial charge on any atom is 0.359 e. The van der Waals surface area contributed by atoms with Gasteiger partial charge in [-0.15, -0.1) is 0 Å². The molecule has 0 atom stereocenters. The number of hydrogen-bond acceptors (Lipinski definition) is 6. The lowest BCUT2D eigenvalue weighted by Gasteiger charge is -2.04. The van der Waals surface area contributed by atoms with E-state index in [0.717, 1.165) is 11.6 Å². The average Bonchev–Trinajstić information content (AvgIpc) is 2.96. The van der Waals surface area contributed by atoms with Gasteiger partial charge in [-0.3, -0.25) is 4.79 Å². The number of carbonyl (C=O) groups excluding carboxylic acids is 1. The van der Waals surface area contributed by atoms with Gasteiger partial charge in [0.25, 0.3) is 5.56 Å². The summed E-state index contributed by atoms with van der Waals surface area (Å²) in [5.41, 5.74) is 0.948. The van der Waals surface area contributed by atoms with Crippen molar-refractivity contribution in [2.45, 2.75) is 13.3 Å². The highest BCUT2D eigenvalue weighted by molar-refractivity contribution is 6.04. The van der Waals surface area contributed by atoms with Gasteiger partial charge < -0.3 is 14.8 Å². The molecule has 0 bridgehead atoms. The summed E-state index contributed by atoms with van der Waals surface area (Å²) < 4.78 is 6.31. The Labute approximate surface area is 141 Å². The van der Waals surface area contributed by atoms with E-state index in [-0.39, 0.29) is 35.5 Å². The van der Waals surface area contributed by atoms with Crippen molar-refractivity contribution in [3.8, 4) is 17.5 Å².